The Morgan fingerprint density at radius 2 is 1.79 bits per heavy atom. The topological polar surface area (TPSA) is 73.3 Å². The van der Waals surface area contributed by atoms with E-state index in [1.54, 1.807) is 0 Å². The van der Waals surface area contributed by atoms with Crippen LogP contribution in [0, 0.1) is 5.92 Å². The van der Waals surface area contributed by atoms with Gasteiger partial charge >= 0.3 is 12.0 Å². The largest absolute Gasteiger partial charge is 0.469 e. The highest BCUT2D eigenvalue weighted by Crippen LogP contribution is 2.33. The van der Waals surface area contributed by atoms with E-state index in [1.807, 2.05) is 4.90 Å². The number of rotatable bonds is 7. The monoisotopic (exact) mass is 571 g/mol. The van der Waals surface area contributed by atoms with Crippen LogP contribution in [0.3, 0.4) is 0 Å². The molecule has 2 fully saturated rings. The molecular weight excluding hydrogens is 533 g/mol. The molecule has 8 heteroatoms. The number of hydrogen-bond donors (Lipinski definition) is 1. The lowest BCUT2D eigenvalue weighted by molar-refractivity contribution is -0.141. The van der Waals surface area contributed by atoms with Crippen molar-refractivity contribution in [2.24, 2.45) is 5.92 Å². The summed E-state index contributed by atoms with van der Waals surface area (Å²) in [5.74, 6) is 0.438. The maximum absolute atomic E-state index is 13.3. The molecule has 1 saturated heterocycles. The Balaban J connectivity index is 0.00000306. The number of amides is 2. The standard InChI is InChI=1S/C25H37N3O4.HI/c1-32-24(30)9-4-19-2-6-22(7-3-19)27-14-15-28(25(27)31)23-8-5-20-10-12-26(16-17-29)13-11-21(20)18-23;/h5,8,18-19,22,29H,2-4,6-7,9-17H2,1H3;1H. The van der Waals surface area contributed by atoms with Crippen LogP contribution in [0.2, 0.25) is 0 Å². The lowest BCUT2D eigenvalue weighted by atomic mass is 9.83. The van der Waals surface area contributed by atoms with Gasteiger partial charge in [0.1, 0.15) is 0 Å². The zero-order valence-electron chi connectivity index (χ0n) is 19.7. The van der Waals surface area contributed by atoms with Crippen molar-refractivity contribution >= 4 is 41.7 Å². The Morgan fingerprint density at radius 3 is 2.48 bits per heavy atom. The van der Waals surface area contributed by atoms with Crippen LogP contribution >= 0.6 is 24.0 Å². The molecule has 2 heterocycles. The van der Waals surface area contributed by atoms with Crippen molar-refractivity contribution in [3.63, 3.8) is 0 Å². The fraction of sp³-hybridized carbons (Fsp3) is 0.680. The summed E-state index contributed by atoms with van der Waals surface area (Å²) in [4.78, 5) is 31.0. The first-order valence-electron chi connectivity index (χ1n) is 12.2. The second-order valence-corrected chi connectivity index (χ2v) is 9.44. The van der Waals surface area contributed by atoms with Gasteiger partial charge in [0.15, 0.2) is 0 Å². The number of carbonyl (C=O) groups excluding carboxylic acids is 2. The van der Waals surface area contributed by atoms with Gasteiger partial charge in [0, 0.05) is 50.9 Å². The summed E-state index contributed by atoms with van der Waals surface area (Å²) in [6, 6.07) is 6.96. The average Bonchev–Trinajstić information content (AvgIpc) is 3.08. The van der Waals surface area contributed by atoms with E-state index >= 15 is 0 Å². The molecule has 0 spiro atoms. The van der Waals surface area contributed by atoms with Gasteiger partial charge in [-0.15, -0.1) is 24.0 Å². The number of benzene rings is 1. The second kappa shape index (κ2) is 12.4. The number of halogens is 1. The number of urea groups is 1. The molecule has 1 aromatic rings. The third-order valence-electron chi connectivity index (χ3n) is 7.60. The van der Waals surface area contributed by atoms with Crippen molar-refractivity contribution in [1.29, 1.82) is 0 Å². The molecule has 2 amide bonds. The van der Waals surface area contributed by atoms with Crippen LogP contribution in [0.1, 0.15) is 49.7 Å². The van der Waals surface area contributed by atoms with Crippen molar-refractivity contribution < 1.29 is 19.4 Å². The number of aliphatic hydroxyl groups is 1. The average molecular weight is 572 g/mol. The summed E-state index contributed by atoms with van der Waals surface area (Å²) in [5, 5.41) is 9.24. The summed E-state index contributed by atoms with van der Waals surface area (Å²) in [6.07, 6.45) is 7.55. The molecule has 2 aliphatic heterocycles. The van der Waals surface area contributed by atoms with Crippen LogP contribution in [0.25, 0.3) is 0 Å². The van der Waals surface area contributed by atoms with Crippen LogP contribution in [0.15, 0.2) is 18.2 Å². The summed E-state index contributed by atoms with van der Waals surface area (Å²) >= 11 is 0. The summed E-state index contributed by atoms with van der Waals surface area (Å²) in [5.41, 5.74) is 3.71. The highest BCUT2D eigenvalue weighted by Gasteiger charge is 2.36. The fourth-order valence-electron chi connectivity index (χ4n) is 5.59. The smallest absolute Gasteiger partial charge is 0.324 e. The van der Waals surface area contributed by atoms with E-state index in [9.17, 15) is 14.7 Å². The molecule has 0 unspecified atom stereocenters. The van der Waals surface area contributed by atoms with Crippen LogP contribution in [-0.2, 0) is 22.4 Å². The minimum atomic E-state index is -0.126. The zero-order chi connectivity index (χ0) is 22.5. The summed E-state index contributed by atoms with van der Waals surface area (Å²) in [6.45, 7) is 4.40. The van der Waals surface area contributed by atoms with Gasteiger partial charge in [-0.3, -0.25) is 9.69 Å². The van der Waals surface area contributed by atoms with Crippen LogP contribution in [0.5, 0.6) is 0 Å². The molecule has 33 heavy (non-hydrogen) atoms. The van der Waals surface area contributed by atoms with Crippen molar-refractivity contribution in [1.82, 2.24) is 9.80 Å². The number of β-amino-alcohol motifs (C(OH)–C–C–N with tert-alkyl or cyclic N) is 1. The molecule has 0 bridgehead atoms. The zero-order valence-corrected chi connectivity index (χ0v) is 22.0. The van der Waals surface area contributed by atoms with E-state index in [1.165, 1.54) is 18.2 Å². The summed E-state index contributed by atoms with van der Waals surface area (Å²) < 4.78 is 4.76. The quantitative estimate of drug-likeness (QED) is 0.401. The van der Waals surface area contributed by atoms with E-state index < -0.39 is 0 Å². The Hall–Kier alpha value is -1.39. The minimum absolute atomic E-state index is 0. The fourth-order valence-corrected chi connectivity index (χ4v) is 5.59. The third-order valence-corrected chi connectivity index (χ3v) is 7.60. The Kier molecular flexibility index (Phi) is 9.81. The third kappa shape index (κ3) is 6.39. The number of nitrogens with zero attached hydrogens (tertiary/aromatic N) is 3. The predicted molar refractivity (Wildman–Crippen MR) is 139 cm³/mol. The van der Waals surface area contributed by atoms with Gasteiger partial charge in [-0.2, -0.15) is 0 Å². The van der Waals surface area contributed by atoms with Gasteiger partial charge in [0.25, 0.3) is 0 Å². The SMILES string of the molecule is COC(=O)CCC1CCC(N2CCN(c3ccc4c(c3)CCN(CCO)CC4)C2=O)CC1.I. The number of hydrogen-bond acceptors (Lipinski definition) is 5. The van der Waals surface area contributed by atoms with Gasteiger partial charge in [-0.05, 0) is 74.1 Å². The van der Waals surface area contributed by atoms with Crippen molar-refractivity contribution in [2.75, 3.05) is 51.3 Å². The molecule has 0 radical (unpaired) electrons. The van der Waals surface area contributed by atoms with Crippen molar-refractivity contribution in [3.05, 3.63) is 29.3 Å². The molecule has 0 atom stereocenters. The minimum Gasteiger partial charge on any atom is -0.469 e. The van der Waals surface area contributed by atoms with Gasteiger partial charge in [0.2, 0.25) is 0 Å². The first-order valence-corrected chi connectivity index (χ1v) is 12.2. The number of anilines is 1. The molecule has 184 valence electrons. The molecule has 0 aromatic heterocycles. The van der Waals surface area contributed by atoms with Gasteiger partial charge < -0.3 is 19.6 Å². The number of fused-ring (bicyclic) bond motifs is 1. The molecule has 1 saturated carbocycles. The number of carbonyl (C=O) groups is 2. The van der Waals surface area contributed by atoms with Crippen LogP contribution in [-0.4, -0.2) is 79.4 Å². The number of aliphatic hydroxyl groups excluding tert-OH is 1. The molecule has 1 aromatic carbocycles. The Bertz CT molecular complexity index is 813. The maximum atomic E-state index is 13.3. The molecule has 3 aliphatic rings. The number of esters is 1. The first kappa shape index (κ1) is 26.2. The Morgan fingerprint density at radius 1 is 1.06 bits per heavy atom. The number of ether oxygens (including phenoxy) is 1. The van der Waals surface area contributed by atoms with E-state index in [0.717, 1.165) is 83.4 Å². The van der Waals surface area contributed by atoms with Crippen molar-refractivity contribution in [2.45, 2.75) is 57.4 Å². The van der Waals surface area contributed by atoms with E-state index in [0.29, 0.717) is 18.4 Å². The van der Waals surface area contributed by atoms with Crippen LogP contribution < -0.4 is 4.90 Å². The van der Waals surface area contributed by atoms with Crippen molar-refractivity contribution in [3.8, 4) is 0 Å². The molecule has 1 aliphatic carbocycles. The molecule has 7 nitrogen and oxygen atoms in total. The maximum Gasteiger partial charge on any atom is 0.324 e. The molecular formula is C25H38IN3O4. The van der Waals surface area contributed by atoms with E-state index in [4.69, 9.17) is 4.74 Å². The number of methoxy groups -OCH3 is 1. The van der Waals surface area contributed by atoms with Gasteiger partial charge in [-0.25, -0.2) is 4.79 Å². The first-order chi connectivity index (χ1) is 15.6. The summed E-state index contributed by atoms with van der Waals surface area (Å²) in [7, 11) is 1.44. The van der Waals surface area contributed by atoms with E-state index in [-0.39, 0.29) is 42.6 Å². The highest BCUT2D eigenvalue weighted by atomic mass is 127. The lowest BCUT2D eigenvalue weighted by Gasteiger charge is -2.34. The lowest BCUT2D eigenvalue weighted by Crippen LogP contribution is -2.41. The van der Waals surface area contributed by atoms with Gasteiger partial charge in [0.05, 0.1) is 13.7 Å². The van der Waals surface area contributed by atoms with Crippen LogP contribution in [0.4, 0.5) is 10.5 Å². The molecule has 1 N–H and O–H groups in total. The Labute approximate surface area is 214 Å². The van der Waals surface area contributed by atoms with E-state index in [2.05, 4.69) is 28.0 Å². The second-order valence-electron chi connectivity index (χ2n) is 9.44. The normalized spacial score (nSPS) is 23.6. The van der Waals surface area contributed by atoms with Gasteiger partial charge in [-0.1, -0.05) is 6.07 Å². The highest BCUT2D eigenvalue weighted by molar-refractivity contribution is 14.0. The molecule has 4 rings (SSSR count). The predicted octanol–water partition coefficient (Wildman–Crippen LogP) is 3.45.